The van der Waals surface area contributed by atoms with E-state index < -0.39 is 5.69 Å². The molecule has 0 saturated carbocycles. The first-order valence-electron chi connectivity index (χ1n) is 3.94. The molecule has 0 N–H and O–H groups in total. The maximum Gasteiger partial charge on any atom is 0.368 e. The summed E-state index contributed by atoms with van der Waals surface area (Å²) < 4.78 is 13.7. The molecule has 1 aromatic heterocycles. The number of benzene rings is 1. The van der Waals surface area contributed by atoms with Crippen LogP contribution in [0, 0.1) is 5.82 Å². The topological polar surface area (TPSA) is 47.8 Å². The highest BCUT2D eigenvalue weighted by Crippen LogP contribution is 2.04. The summed E-state index contributed by atoms with van der Waals surface area (Å²) in [4.78, 5) is 14.7. The maximum absolute atomic E-state index is 12.6. The molecule has 0 aliphatic heterocycles. The summed E-state index contributed by atoms with van der Waals surface area (Å²) in [6, 6.07) is 5.45. The van der Waals surface area contributed by atoms with Gasteiger partial charge >= 0.3 is 5.69 Å². The molecular weight excluding hydrogens is 185 g/mol. The second-order valence-corrected chi connectivity index (χ2v) is 2.61. The van der Waals surface area contributed by atoms with Crippen molar-refractivity contribution in [2.24, 2.45) is 0 Å². The third-order valence-electron chi connectivity index (χ3n) is 1.69. The minimum Gasteiger partial charge on any atom is -0.244 e. The average Bonchev–Trinajstić information content (AvgIpc) is 2.20. The van der Waals surface area contributed by atoms with Gasteiger partial charge < -0.3 is 0 Å². The van der Waals surface area contributed by atoms with Gasteiger partial charge in [0.2, 0.25) is 0 Å². The molecule has 0 saturated heterocycles. The minimum absolute atomic E-state index is 0.356. The van der Waals surface area contributed by atoms with E-state index in [0.29, 0.717) is 5.69 Å². The molecule has 0 unspecified atom stereocenters. The van der Waals surface area contributed by atoms with Crippen LogP contribution in [0.4, 0.5) is 4.39 Å². The Bertz CT molecular complexity index is 492. The molecule has 0 atom stereocenters. The molecule has 1 aromatic carbocycles. The number of hydrogen-bond donors (Lipinski definition) is 0. The van der Waals surface area contributed by atoms with Crippen molar-refractivity contribution in [1.29, 1.82) is 0 Å². The first kappa shape index (κ1) is 8.55. The van der Waals surface area contributed by atoms with Crippen LogP contribution in [0.2, 0.25) is 0 Å². The molecule has 4 nitrogen and oxygen atoms in total. The van der Waals surface area contributed by atoms with Crippen molar-refractivity contribution in [3.63, 3.8) is 0 Å². The van der Waals surface area contributed by atoms with Gasteiger partial charge in [-0.1, -0.05) is 0 Å². The highest BCUT2D eigenvalue weighted by molar-refractivity contribution is 5.29. The lowest BCUT2D eigenvalue weighted by Crippen LogP contribution is -2.22. The molecule has 0 aliphatic carbocycles. The Balaban J connectivity index is 2.56. The van der Waals surface area contributed by atoms with E-state index in [0.717, 1.165) is 4.68 Å². The van der Waals surface area contributed by atoms with E-state index >= 15 is 0 Å². The van der Waals surface area contributed by atoms with E-state index in [1.54, 1.807) is 0 Å². The van der Waals surface area contributed by atoms with E-state index in [1.807, 2.05) is 0 Å². The first-order valence-corrected chi connectivity index (χ1v) is 3.94. The Morgan fingerprint density at radius 1 is 1.14 bits per heavy atom. The van der Waals surface area contributed by atoms with Crippen molar-refractivity contribution in [2.75, 3.05) is 0 Å². The van der Waals surface area contributed by atoms with Crippen LogP contribution in [0.5, 0.6) is 0 Å². The Labute approximate surface area is 78.7 Å². The van der Waals surface area contributed by atoms with Crippen molar-refractivity contribution in [3.05, 3.63) is 53.0 Å². The van der Waals surface area contributed by atoms with Gasteiger partial charge in [0.15, 0.2) is 0 Å². The van der Waals surface area contributed by atoms with E-state index in [4.69, 9.17) is 0 Å². The Kier molecular flexibility index (Phi) is 2.06. The fourth-order valence-electron chi connectivity index (χ4n) is 1.06. The summed E-state index contributed by atoms with van der Waals surface area (Å²) in [5, 5.41) is 3.80. The molecule has 70 valence electrons. The Morgan fingerprint density at radius 3 is 2.50 bits per heavy atom. The molecule has 5 heteroatoms. The summed E-state index contributed by atoms with van der Waals surface area (Å²) in [5.74, 6) is -0.356. The average molecular weight is 191 g/mol. The van der Waals surface area contributed by atoms with E-state index in [1.165, 1.54) is 36.7 Å². The third-order valence-corrected chi connectivity index (χ3v) is 1.69. The molecule has 0 amide bonds. The van der Waals surface area contributed by atoms with E-state index in [9.17, 15) is 9.18 Å². The molecule has 0 bridgehead atoms. The van der Waals surface area contributed by atoms with Crippen LogP contribution < -0.4 is 5.69 Å². The van der Waals surface area contributed by atoms with Crippen LogP contribution in [0.15, 0.2) is 41.5 Å². The molecule has 14 heavy (non-hydrogen) atoms. The largest absolute Gasteiger partial charge is 0.368 e. The van der Waals surface area contributed by atoms with Gasteiger partial charge in [0.1, 0.15) is 5.82 Å². The Morgan fingerprint density at radius 2 is 1.86 bits per heavy atom. The van der Waals surface area contributed by atoms with Crippen molar-refractivity contribution in [2.45, 2.75) is 0 Å². The SMILES string of the molecule is O=c1nccnn1-c1ccc(F)cc1. The fourth-order valence-corrected chi connectivity index (χ4v) is 1.06. The van der Waals surface area contributed by atoms with Gasteiger partial charge in [0.25, 0.3) is 0 Å². The second-order valence-electron chi connectivity index (χ2n) is 2.61. The van der Waals surface area contributed by atoms with E-state index in [2.05, 4.69) is 10.1 Å². The van der Waals surface area contributed by atoms with E-state index in [-0.39, 0.29) is 5.82 Å². The van der Waals surface area contributed by atoms with Gasteiger partial charge in [-0.25, -0.2) is 9.18 Å². The predicted octanol–water partition coefficient (Wildman–Crippen LogP) is 0.767. The van der Waals surface area contributed by atoms with Gasteiger partial charge in [0, 0.05) is 0 Å². The molecule has 0 fully saturated rings. The van der Waals surface area contributed by atoms with Crippen molar-refractivity contribution in [3.8, 4) is 5.69 Å². The van der Waals surface area contributed by atoms with Gasteiger partial charge in [-0.05, 0) is 24.3 Å². The van der Waals surface area contributed by atoms with Crippen molar-refractivity contribution >= 4 is 0 Å². The van der Waals surface area contributed by atoms with Crippen LogP contribution in [-0.2, 0) is 0 Å². The van der Waals surface area contributed by atoms with Crippen LogP contribution >= 0.6 is 0 Å². The molecular formula is C9H6FN3O. The summed E-state index contributed by atoms with van der Waals surface area (Å²) in [5.41, 5.74) is 0.00334. The normalized spacial score (nSPS) is 10.1. The lowest BCUT2D eigenvalue weighted by molar-refractivity contribution is 0.626. The highest BCUT2D eigenvalue weighted by Gasteiger charge is 1.99. The van der Waals surface area contributed by atoms with Gasteiger partial charge in [-0.15, -0.1) is 0 Å². The van der Waals surface area contributed by atoms with Gasteiger partial charge in [-0.3, -0.25) is 0 Å². The second kappa shape index (κ2) is 3.37. The van der Waals surface area contributed by atoms with Crippen LogP contribution in [-0.4, -0.2) is 14.8 Å². The van der Waals surface area contributed by atoms with Gasteiger partial charge in [-0.2, -0.15) is 14.8 Å². The Hall–Kier alpha value is -2.04. The zero-order valence-corrected chi connectivity index (χ0v) is 7.09. The quantitative estimate of drug-likeness (QED) is 0.668. The molecule has 0 aliphatic rings. The number of nitrogens with zero attached hydrogens (tertiary/aromatic N) is 3. The zero-order valence-electron chi connectivity index (χ0n) is 7.09. The molecule has 0 spiro atoms. The lowest BCUT2D eigenvalue weighted by Gasteiger charge is -2.00. The van der Waals surface area contributed by atoms with Gasteiger partial charge in [0.05, 0.1) is 18.1 Å². The molecule has 2 aromatic rings. The summed E-state index contributed by atoms with van der Waals surface area (Å²) in [6.07, 6.45) is 2.70. The minimum atomic E-state index is -0.487. The number of hydrogen-bond acceptors (Lipinski definition) is 3. The number of halogens is 1. The number of aromatic nitrogens is 3. The smallest absolute Gasteiger partial charge is 0.244 e. The first-order chi connectivity index (χ1) is 6.77. The summed E-state index contributed by atoms with van der Waals surface area (Å²) in [6.45, 7) is 0. The predicted molar refractivity (Wildman–Crippen MR) is 47.6 cm³/mol. The number of rotatable bonds is 1. The molecule has 0 radical (unpaired) electrons. The summed E-state index contributed by atoms with van der Waals surface area (Å²) >= 11 is 0. The standard InChI is InChI=1S/C9H6FN3O/c10-7-1-3-8(4-2-7)13-9(14)11-5-6-12-13/h1-6H. The monoisotopic (exact) mass is 191 g/mol. The molecule has 2 rings (SSSR count). The van der Waals surface area contributed by atoms with Crippen LogP contribution in [0.25, 0.3) is 5.69 Å². The zero-order chi connectivity index (χ0) is 9.97. The fraction of sp³-hybridized carbons (Fsp3) is 0. The maximum atomic E-state index is 12.6. The molecule has 1 heterocycles. The lowest BCUT2D eigenvalue weighted by atomic mass is 10.3. The highest BCUT2D eigenvalue weighted by atomic mass is 19.1. The van der Waals surface area contributed by atoms with Crippen molar-refractivity contribution < 1.29 is 4.39 Å². The van der Waals surface area contributed by atoms with Crippen molar-refractivity contribution in [1.82, 2.24) is 14.8 Å². The van der Waals surface area contributed by atoms with Crippen LogP contribution in [0.3, 0.4) is 0 Å². The summed E-state index contributed by atoms with van der Waals surface area (Å²) in [7, 11) is 0. The third kappa shape index (κ3) is 1.52. The van der Waals surface area contributed by atoms with Crippen LogP contribution in [0.1, 0.15) is 0 Å².